The van der Waals surface area contributed by atoms with Crippen molar-refractivity contribution < 1.29 is 51.7 Å². The number of rotatable bonds is 11. The topological polar surface area (TPSA) is 157 Å². The average Bonchev–Trinajstić information content (AvgIpc) is 2.98. The van der Waals surface area contributed by atoms with Gasteiger partial charge in [-0.25, -0.2) is 8.78 Å². The number of halogens is 2. The van der Waals surface area contributed by atoms with E-state index in [2.05, 4.69) is 4.90 Å². The van der Waals surface area contributed by atoms with Gasteiger partial charge in [-0.2, -0.15) is 8.42 Å². The molecule has 2 fully saturated rings. The SMILES string of the molecule is O=S(=O)(CC1OC(CO)C(O)C(O)C1O)Oc1ccc([C@@H]2C(CC[C@H](O)c3ccc(F)cc3)CN2c2ccc(F)cc2)cc1. The Morgan fingerprint density at radius 1 is 0.864 bits per heavy atom. The zero-order valence-electron chi connectivity index (χ0n) is 23.6. The lowest BCUT2D eigenvalue weighted by Crippen LogP contribution is -2.60. The van der Waals surface area contributed by atoms with Gasteiger partial charge < -0.3 is 39.4 Å². The van der Waals surface area contributed by atoms with Crippen LogP contribution in [0, 0.1) is 17.6 Å². The highest BCUT2D eigenvalue weighted by Gasteiger charge is 2.45. The Morgan fingerprint density at radius 3 is 2.07 bits per heavy atom. The van der Waals surface area contributed by atoms with Crippen LogP contribution in [-0.4, -0.2) is 83.4 Å². The molecular formula is C31H35F2NO9S. The van der Waals surface area contributed by atoms with Crippen LogP contribution in [0.3, 0.4) is 0 Å². The molecule has 5 rings (SSSR count). The van der Waals surface area contributed by atoms with Gasteiger partial charge in [0.2, 0.25) is 0 Å². The maximum absolute atomic E-state index is 13.6. The molecule has 3 aromatic rings. The fourth-order valence-corrected chi connectivity index (χ4v) is 6.98. The molecule has 0 spiro atoms. The van der Waals surface area contributed by atoms with Crippen LogP contribution in [0.5, 0.6) is 5.75 Å². The molecular weight excluding hydrogens is 600 g/mol. The van der Waals surface area contributed by atoms with Crippen LogP contribution >= 0.6 is 0 Å². The Kier molecular flexibility index (Phi) is 9.85. The summed E-state index contributed by atoms with van der Waals surface area (Å²) in [5.74, 6) is -1.50. The number of benzene rings is 3. The van der Waals surface area contributed by atoms with E-state index in [1.54, 1.807) is 36.4 Å². The molecule has 2 heterocycles. The van der Waals surface area contributed by atoms with E-state index in [0.717, 1.165) is 11.3 Å². The lowest BCUT2D eigenvalue weighted by Gasteiger charge is -2.50. The van der Waals surface area contributed by atoms with Crippen molar-refractivity contribution in [2.75, 3.05) is 23.8 Å². The van der Waals surface area contributed by atoms with Gasteiger partial charge in [0, 0.05) is 18.2 Å². The molecule has 2 aliphatic rings. The summed E-state index contributed by atoms with van der Waals surface area (Å²) in [4.78, 5) is 2.08. The number of aliphatic hydroxyl groups is 5. The van der Waals surface area contributed by atoms with Crippen molar-refractivity contribution in [1.29, 1.82) is 0 Å². The first-order valence-electron chi connectivity index (χ1n) is 14.2. The van der Waals surface area contributed by atoms with Crippen molar-refractivity contribution in [3.63, 3.8) is 0 Å². The predicted octanol–water partition coefficient (Wildman–Crippen LogP) is 2.21. The van der Waals surface area contributed by atoms with E-state index in [1.807, 2.05) is 0 Å². The van der Waals surface area contributed by atoms with E-state index in [9.17, 15) is 42.7 Å². The summed E-state index contributed by atoms with van der Waals surface area (Å²) in [5.41, 5.74) is 2.25. The zero-order valence-corrected chi connectivity index (χ0v) is 24.4. The summed E-state index contributed by atoms with van der Waals surface area (Å²) in [5, 5.41) is 50.1. The van der Waals surface area contributed by atoms with E-state index in [1.165, 1.54) is 36.4 Å². The number of aliphatic hydroxyl groups excluding tert-OH is 5. The van der Waals surface area contributed by atoms with Gasteiger partial charge in [0.25, 0.3) is 0 Å². The monoisotopic (exact) mass is 635 g/mol. The maximum Gasteiger partial charge on any atom is 0.311 e. The van der Waals surface area contributed by atoms with Crippen molar-refractivity contribution in [2.45, 2.75) is 55.5 Å². The Morgan fingerprint density at radius 2 is 1.45 bits per heavy atom. The van der Waals surface area contributed by atoms with Crippen LogP contribution in [0.1, 0.15) is 36.1 Å². The van der Waals surface area contributed by atoms with E-state index in [-0.39, 0.29) is 29.3 Å². The molecule has 0 radical (unpaired) electrons. The molecule has 238 valence electrons. The summed E-state index contributed by atoms with van der Waals surface area (Å²) in [7, 11) is -4.34. The van der Waals surface area contributed by atoms with Crippen molar-refractivity contribution in [3.8, 4) is 5.75 Å². The number of nitrogens with zero attached hydrogens (tertiary/aromatic N) is 1. The quantitative estimate of drug-likeness (QED) is 0.198. The van der Waals surface area contributed by atoms with Gasteiger partial charge in [-0.1, -0.05) is 24.3 Å². The minimum atomic E-state index is -4.34. The third-order valence-electron chi connectivity index (χ3n) is 8.24. The lowest BCUT2D eigenvalue weighted by atomic mass is 9.79. The number of ether oxygens (including phenoxy) is 1. The van der Waals surface area contributed by atoms with E-state index < -0.39 is 59.1 Å². The third-order valence-corrected chi connectivity index (χ3v) is 9.43. The molecule has 6 unspecified atom stereocenters. The molecule has 44 heavy (non-hydrogen) atoms. The molecule has 0 aliphatic carbocycles. The molecule has 3 aromatic carbocycles. The molecule has 0 aromatic heterocycles. The van der Waals surface area contributed by atoms with Crippen molar-refractivity contribution >= 4 is 15.8 Å². The summed E-state index contributed by atoms with van der Waals surface area (Å²) in [6, 6.07) is 18.0. The van der Waals surface area contributed by atoms with Crippen molar-refractivity contribution in [1.82, 2.24) is 0 Å². The molecule has 2 saturated heterocycles. The minimum Gasteiger partial charge on any atom is -0.394 e. The first-order valence-corrected chi connectivity index (χ1v) is 15.8. The largest absolute Gasteiger partial charge is 0.394 e. The number of anilines is 1. The highest BCUT2D eigenvalue weighted by molar-refractivity contribution is 7.87. The molecule has 0 amide bonds. The van der Waals surface area contributed by atoms with Crippen LogP contribution in [0.25, 0.3) is 0 Å². The fourth-order valence-electron chi connectivity index (χ4n) is 5.82. The molecule has 13 heteroatoms. The standard InChI is InChI=1S/C31H35F2NO9S/c32-21-6-1-18(2-7-21)25(36)14-5-20-15-34(23-10-8-22(33)9-11-23)28(20)19-3-12-24(13-4-19)43-44(40,41)17-27-30(38)31(39)29(37)26(16-35)42-27/h1-4,6-13,20,25-31,35-39H,5,14-17H2/t20?,25-,26?,27?,28+,29?,30?,31?/m0/s1. The number of hydrogen-bond donors (Lipinski definition) is 5. The average molecular weight is 636 g/mol. The number of hydrogen-bond acceptors (Lipinski definition) is 10. The lowest BCUT2D eigenvalue weighted by molar-refractivity contribution is -0.223. The summed E-state index contributed by atoms with van der Waals surface area (Å²) in [6.45, 7) is -0.0513. The van der Waals surface area contributed by atoms with Crippen LogP contribution in [0.4, 0.5) is 14.5 Å². The third kappa shape index (κ3) is 7.20. The summed E-state index contributed by atoms with van der Waals surface area (Å²) < 4.78 is 63.0. The van der Waals surface area contributed by atoms with Crippen molar-refractivity contribution in [3.05, 3.63) is 95.6 Å². The van der Waals surface area contributed by atoms with Gasteiger partial charge in [-0.05, 0) is 72.5 Å². The van der Waals surface area contributed by atoms with Gasteiger partial charge in [0.05, 0.1) is 18.8 Å². The second-order valence-electron chi connectivity index (χ2n) is 11.2. The maximum atomic E-state index is 13.6. The first kappa shape index (κ1) is 32.2. The Balaban J connectivity index is 1.27. The summed E-state index contributed by atoms with van der Waals surface area (Å²) in [6.07, 6.45) is -7.45. The zero-order chi connectivity index (χ0) is 31.6. The first-order chi connectivity index (χ1) is 21.0. The van der Waals surface area contributed by atoms with Gasteiger partial charge in [0.15, 0.2) is 0 Å². The highest BCUT2D eigenvalue weighted by atomic mass is 32.2. The molecule has 0 saturated carbocycles. The molecule has 0 bridgehead atoms. The van der Waals surface area contributed by atoms with E-state index in [4.69, 9.17) is 8.92 Å². The van der Waals surface area contributed by atoms with Crippen LogP contribution in [0.2, 0.25) is 0 Å². The summed E-state index contributed by atoms with van der Waals surface area (Å²) >= 11 is 0. The Bertz CT molecular complexity index is 1490. The predicted molar refractivity (Wildman–Crippen MR) is 155 cm³/mol. The molecule has 5 N–H and O–H groups in total. The normalized spacial score (nSPS) is 27.9. The second-order valence-corrected chi connectivity index (χ2v) is 12.8. The van der Waals surface area contributed by atoms with Gasteiger partial charge >= 0.3 is 10.1 Å². The van der Waals surface area contributed by atoms with Crippen LogP contribution in [-0.2, 0) is 14.9 Å². The second kappa shape index (κ2) is 13.4. The van der Waals surface area contributed by atoms with Gasteiger partial charge in [-0.3, -0.25) is 0 Å². The van der Waals surface area contributed by atoms with E-state index in [0.29, 0.717) is 24.9 Å². The smallest absolute Gasteiger partial charge is 0.311 e. The van der Waals surface area contributed by atoms with Crippen LogP contribution < -0.4 is 9.08 Å². The van der Waals surface area contributed by atoms with Gasteiger partial charge in [0.1, 0.15) is 53.7 Å². The molecule has 10 nitrogen and oxygen atoms in total. The van der Waals surface area contributed by atoms with E-state index >= 15 is 0 Å². The fraction of sp³-hybridized carbons (Fsp3) is 0.419. The molecule has 2 aliphatic heterocycles. The Hall–Kier alpha value is -3.17. The van der Waals surface area contributed by atoms with Crippen molar-refractivity contribution in [2.24, 2.45) is 5.92 Å². The Labute approximate surface area is 253 Å². The van der Waals surface area contributed by atoms with Gasteiger partial charge in [-0.15, -0.1) is 0 Å². The highest BCUT2D eigenvalue weighted by Crippen LogP contribution is 2.45. The minimum absolute atomic E-state index is 0.00530. The molecule has 8 atom stereocenters. The van der Waals surface area contributed by atoms with Crippen LogP contribution in [0.15, 0.2) is 72.8 Å².